The monoisotopic (exact) mass is 259 g/mol. The fraction of sp³-hybridized carbons (Fsp3) is 0.455. The second-order valence-corrected chi connectivity index (χ2v) is 5.88. The van der Waals surface area contributed by atoms with Gasteiger partial charge in [-0.2, -0.15) is 4.31 Å². The van der Waals surface area contributed by atoms with Crippen molar-refractivity contribution in [2.24, 2.45) is 0 Å². The second-order valence-electron chi connectivity index (χ2n) is 3.99. The average molecular weight is 259 g/mol. The number of halogens is 1. The van der Waals surface area contributed by atoms with E-state index in [2.05, 4.69) is 0 Å². The Hall–Kier alpha value is -0.980. The molecule has 1 aromatic rings. The van der Waals surface area contributed by atoms with Gasteiger partial charge in [0.1, 0.15) is 5.82 Å². The summed E-state index contributed by atoms with van der Waals surface area (Å²) in [7, 11) is -3.54. The lowest BCUT2D eigenvalue weighted by Gasteiger charge is -2.32. The number of sulfonamides is 1. The molecule has 1 fully saturated rings. The molecule has 1 aromatic carbocycles. The molecule has 94 valence electrons. The van der Waals surface area contributed by atoms with Crippen LogP contribution in [0.5, 0.6) is 0 Å². The van der Waals surface area contributed by atoms with Gasteiger partial charge in [-0.15, -0.1) is 0 Å². The number of nitrogens with zero attached hydrogens (tertiary/aromatic N) is 1. The van der Waals surface area contributed by atoms with E-state index in [9.17, 15) is 12.8 Å². The molecule has 1 saturated heterocycles. The van der Waals surface area contributed by atoms with Crippen LogP contribution in [0.15, 0.2) is 29.2 Å². The molecule has 0 aliphatic carbocycles. The van der Waals surface area contributed by atoms with E-state index in [0.29, 0.717) is 19.8 Å². The summed E-state index contributed by atoms with van der Waals surface area (Å²) in [5.41, 5.74) is 0. The lowest BCUT2D eigenvalue weighted by atomic mass is 10.3. The minimum absolute atomic E-state index is 0.118. The first-order valence-electron chi connectivity index (χ1n) is 5.37. The average Bonchev–Trinajstić information content (AvgIpc) is 2.30. The predicted octanol–water partition coefficient (Wildman–Crippen LogP) is 1.24. The maximum absolute atomic E-state index is 12.8. The number of morpholine rings is 1. The van der Waals surface area contributed by atoms with Crippen LogP contribution in [0.25, 0.3) is 0 Å². The summed E-state index contributed by atoms with van der Waals surface area (Å²) in [6, 6.07) is 4.68. The van der Waals surface area contributed by atoms with Crippen molar-refractivity contribution in [1.82, 2.24) is 4.31 Å². The van der Waals surface area contributed by atoms with Crippen LogP contribution in [0, 0.1) is 5.82 Å². The maximum atomic E-state index is 12.8. The highest BCUT2D eigenvalue weighted by molar-refractivity contribution is 7.89. The lowest BCUT2D eigenvalue weighted by Crippen LogP contribution is -2.46. The zero-order chi connectivity index (χ0) is 12.5. The van der Waals surface area contributed by atoms with E-state index in [1.54, 1.807) is 6.92 Å². The Morgan fingerprint density at radius 1 is 1.35 bits per heavy atom. The van der Waals surface area contributed by atoms with E-state index in [1.807, 2.05) is 0 Å². The van der Waals surface area contributed by atoms with Crippen LogP contribution in [0.2, 0.25) is 0 Å². The topological polar surface area (TPSA) is 46.6 Å². The van der Waals surface area contributed by atoms with Crippen molar-refractivity contribution < 1.29 is 17.5 Å². The predicted molar refractivity (Wildman–Crippen MR) is 60.6 cm³/mol. The molecule has 0 bridgehead atoms. The number of hydrogen-bond acceptors (Lipinski definition) is 3. The smallest absolute Gasteiger partial charge is 0.243 e. The fourth-order valence-corrected chi connectivity index (χ4v) is 3.41. The summed E-state index contributed by atoms with van der Waals surface area (Å²) in [5.74, 6) is -0.445. The van der Waals surface area contributed by atoms with Crippen molar-refractivity contribution in [3.8, 4) is 0 Å². The Balaban J connectivity index is 2.32. The Morgan fingerprint density at radius 2 is 2.00 bits per heavy atom. The van der Waals surface area contributed by atoms with E-state index < -0.39 is 15.8 Å². The Morgan fingerprint density at radius 3 is 2.59 bits per heavy atom. The molecule has 0 unspecified atom stereocenters. The molecule has 0 radical (unpaired) electrons. The van der Waals surface area contributed by atoms with Crippen LogP contribution < -0.4 is 0 Å². The molecule has 1 atom stereocenters. The van der Waals surface area contributed by atoms with Crippen molar-refractivity contribution in [3.63, 3.8) is 0 Å². The van der Waals surface area contributed by atoms with Crippen molar-refractivity contribution in [3.05, 3.63) is 30.1 Å². The number of rotatable bonds is 2. The standard InChI is InChI=1S/C11H14FNO3S/c1-9-8-16-7-6-13(9)17(14,15)11-4-2-10(12)3-5-11/h2-5,9H,6-8H2,1H3/t9-/m1/s1. The van der Waals surface area contributed by atoms with E-state index in [-0.39, 0.29) is 10.9 Å². The third kappa shape index (κ3) is 2.48. The molecule has 0 aromatic heterocycles. The van der Waals surface area contributed by atoms with Crippen LogP contribution >= 0.6 is 0 Å². The van der Waals surface area contributed by atoms with Gasteiger partial charge < -0.3 is 4.74 Å². The molecule has 17 heavy (non-hydrogen) atoms. The van der Waals surface area contributed by atoms with Gasteiger partial charge in [-0.25, -0.2) is 12.8 Å². The van der Waals surface area contributed by atoms with Crippen LogP contribution in [-0.4, -0.2) is 38.5 Å². The first kappa shape index (κ1) is 12.5. The fourth-order valence-electron chi connectivity index (χ4n) is 1.81. The summed E-state index contributed by atoms with van der Waals surface area (Å²) in [6.07, 6.45) is 0. The number of benzene rings is 1. The van der Waals surface area contributed by atoms with Gasteiger partial charge in [0, 0.05) is 12.6 Å². The molecule has 0 amide bonds. The number of hydrogen-bond donors (Lipinski definition) is 0. The molecule has 1 heterocycles. The first-order chi connectivity index (χ1) is 8.01. The van der Waals surface area contributed by atoms with Crippen molar-refractivity contribution in [2.75, 3.05) is 19.8 Å². The van der Waals surface area contributed by atoms with Crippen molar-refractivity contribution in [2.45, 2.75) is 17.9 Å². The van der Waals surface area contributed by atoms with Crippen LogP contribution in [0.3, 0.4) is 0 Å². The Labute approximate surface area is 100 Å². The summed E-state index contributed by atoms with van der Waals surface area (Å²) in [6.45, 7) is 2.91. The molecular weight excluding hydrogens is 245 g/mol. The molecule has 6 heteroatoms. The van der Waals surface area contributed by atoms with Gasteiger partial charge in [-0.1, -0.05) is 0 Å². The highest BCUT2D eigenvalue weighted by Gasteiger charge is 2.31. The minimum atomic E-state index is -3.54. The summed E-state index contributed by atoms with van der Waals surface area (Å²) >= 11 is 0. The molecule has 0 spiro atoms. The molecular formula is C11H14FNO3S. The van der Waals surface area contributed by atoms with Crippen LogP contribution in [0.4, 0.5) is 4.39 Å². The zero-order valence-electron chi connectivity index (χ0n) is 9.47. The Bertz CT molecular complexity index is 486. The van der Waals surface area contributed by atoms with Gasteiger partial charge in [0.05, 0.1) is 18.1 Å². The van der Waals surface area contributed by atoms with Gasteiger partial charge in [-0.3, -0.25) is 0 Å². The van der Waals surface area contributed by atoms with Gasteiger partial charge >= 0.3 is 0 Å². The summed E-state index contributed by atoms with van der Waals surface area (Å²) in [5, 5.41) is 0. The van der Waals surface area contributed by atoms with Crippen molar-refractivity contribution in [1.29, 1.82) is 0 Å². The first-order valence-corrected chi connectivity index (χ1v) is 6.81. The largest absolute Gasteiger partial charge is 0.378 e. The minimum Gasteiger partial charge on any atom is -0.378 e. The van der Waals surface area contributed by atoms with Gasteiger partial charge in [0.15, 0.2) is 0 Å². The Kier molecular flexibility index (Phi) is 3.46. The van der Waals surface area contributed by atoms with Crippen LogP contribution in [0.1, 0.15) is 6.92 Å². The van der Waals surface area contributed by atoms with E-state index >= 15 is 0 Å². The zero-order valence-corrected chi connectivity index (χ0v) is 10.3. The van der Waals surface area contributed by atoms with Gasteiger partial charge in [0.2, 0.25) is 10.0 Å². The highest BCUT2D eigenvalue weighted by Crippen LogP contribution is 2.20. The van der Waals surface area contributed by atoms with Gasteiger partial charge in [-0.05, 0) is 31.2 Å². The quantitative estimate of drug-likeness (QED) is 0.802. The van der Waals surface area contributed by atoms with E-state index in [0.717, 1.165) is 12.1 Å². The van der Waals surface area contributed by atoms with Crippen molar-refractivity contribution >= 4 is 10.0 Å². The third-order valence-corrected chi connectivity index (χ3v) is 4.75. The molecule has 0 saturated carbocycles. The van der Waals surface area contributed by atoms with Gasteiger partial charge in [0.25, 0.3) is 0 Å². The molecule has 4 nitrogen and oxygen atoms in total. The molecule has 2 rings (SSSR count). The highest BCUT2D eigenvalue weighted by atomic mass is 32.2. The number of ether oxygens (including phenoxy) is 1. The SMILES string of the molecule is C[C@@H]1COCCN1S(=O)(=O)c1ccc(F)cc1. The normalized spacial score (nSPS) is 22.6. The van der Waals surface area contributed by atoms with E-state index in [1.165, 1.54) is 16.4 Å². The summed E-state index contributed by atoms with van der Waals surface area (Å²) in [4.78, 5) is 0.118. The second kappa shape index (κ2) is 4.72. The van der Waals surface area contributed by atoms with E-state index in [4.69, 9.17) is 4.74 Å². The van der Waals surface area contributed by atoms with Crippen LogP contribution in [-0.2, 0) is 14.8 Å². The molecule has 0 N–H and O–H groups in total. The molecule has 1 aliphatic heterocycles. The third-order valence-electron chi connectivity index (χ3n) is 2.73. The maximum Gasteiger partial charge on any atom is 0.243 e. The molecule has 1 aliphatic rings. The summed E-state index contributed by atoms with van der Waals surface area (Å²) < 4.78 is 43.9. The lowest BCUT2D eigenvalue weighted by molar-refractivity contribution is 0.0393.